The second-order valence-electron chi connectivity index (χ2n) is 6.61. The number of thiazole rings is 1. The van der Waals surface area contributed by atoms with Crippen molar-refractivity contribution in [3.8, 4) is 17.0 Å². The first-order valence-electron chi connectivity index (χ1n) is 8.55. The molecule has 1 aliphatic rings. The lowest BCUT2D eigenvalue weighted by molar-refractivity contribution is 0.411. The van der Waals surface area contributed by atoms with Gasteiger partial charge in [0.2, 0.25) is 0 Å². The standard InChI is InChI=1S/C21H19N3O2S/c1-12-6-7-14(8-13(12)2)17-11-27-21(23-17)19-18(26)10-24(20(19)22)15-4-3-5-16(25)9-15/h3-9,11,22,25-26H,10H2,1-2H3. The maximum atomic E-state index is 10.5. The van der Waals surface area contributed by atoms with Crippen molar-refractivity contribution in [3.63, 3.8) is 0 Å². The van der Waals surface area contributed by atoms with Gasteiger partial charge in [0.05, 0.1) is 17.8 Å². The fourth-order valence-corrected chi connectivity index (χ4v) is 4.00. The number of rotatable bonds is 3. The lowest BCUT2D eigenvalue weighted by Gasteiger charge is -2.18. The number of hydrogen-bond donors (Lipinski definition) is 3. The molecule has 2 heterocycles. The Labute approximate surface area is 161 Å². The molecule has 0 unspecified atom stereocenters. The molecule has 2 aromatic carbocycles. The number of amidine groups is 1. The topological polar surface area (TPSA) is 80.4 Å². The molecule has 3 aromatic rings. The smallest absolute Gasteiger partial charge is 0.139 e. The summed E-state index contributed by atoms with van der Waals surface area (Å²) in [5.74, 6) is 0.419. The average molecular weight is 377 g/mol. The van der Waals surface area contributed by atoms with E-state index < -0.39 is 0 Å². The van der Waals surface area contributed by atoms with Crippen molar-refractivity contribution in [3.05, 3.63) is 69.7 Å². The molecule has 6 heteroatoms. The molecular formula is C21H19N3O2S. The number of nitrogens with zero attached hydrogens (tertiary/aromatic N) is 2. The molecular weight excluding hydrogens is 358 g/mol. The Morgan fingerprint density at radius 1 is 1.07 bits per heavy atom. The molecule has 3 N–H and O–H groups in total. The zero-order valence-electron chi connectivity index (χ0n) is 15.0. The van der Waals surface area contributed by atoms with E-state index in [2.05, 4.69) is 31.0 Å². The molecule has 4 rings (SSSR count). The number of aromatic hydroxyl groups is 1. The molecule has 27 heavy (non-hydrogen) atoms. The van der Waals surface area contributed by atoms with Gasteiger partial charge in [-0.1, -0.05) is 18.2 Å². The van der Waals surface area contributed by atoms with Crippen molar-refractivity contribution in [1.82, 2.24) is 4.98 Å². The quantitative estimate of drug-likeness (QED) is 0.606. The van der Waals surface area contributed by atoms with Gasteiger partial charge in [-0.25, -0.2) is 4.98 Å². The minimum Gasteiger partial charge on any atom is -0.510 e. The first-order chi connectivity index (χ1) is 12.9. The summed E-state index contributed by atoms with van der Waals surface area (Å²) in [7, 11) is 0. The van der Waals surface area contributed by atoms with Gasteiger partial charge < -0.3 is 15.1 Å². The van der Waals surface area contributed by atoms with Crippen molar-refractivity contribution < 1.29 is 10.2 Å². The summed E-state index contributed by atoms with van der Waals surface area (Å²) >= 11 is 1.41. The van der Waals surface area contributed by atoms with Crippen LogP contribution in [0.4, 0.5) is 5.69 Å². The molecule has 5 nitrogen and oxygen atoms in total. The van der Waals surface area contributed by atoms with E-state index in [-0.39, 0.29) is 23.9 Å². The lowest BCUT2D eigenvalue weighted by atomic mass is 10.1. The van der Waals surface area contributed by atoms with Crippen molar-refractivity contribution in [2.24, 2.45) is 0 Å². The summed E-state index contributed by atoms with van der Waals surface area (Å²) in [4.78, 5) is 6.32. The summed E-state index contributed by atoms with van der Waals surface area (Å²) in [6.07, 6.45) is 0. The van der Waals surface area contributed by atoms with Gasteiger partial charge in [0.15, 0.2) is 0 Å². The van der Waals surface area contributed by atoms with Crippen molar-refractivity contribution >= 4 is 28.4 Å². The number of phenols is 1. The number of aromatic nitrogens is 1. The van der Waals surface area contributed by atoms with Crippen LogP contribution in [0.15, 0.2) is 53.6 Å². The molecule has 0 fully saturated rings. The van der Waals surface area contributed by atoms with Gasteiger partial charge in [-0.3, -0.25) is 5.41 Å². The molecule has 136 valence electrons. The van der Waals surface area contributed by atoms with Crippen LogP contribution < -0.4 is 4.90 Å². The van der Waals surface area contributed by atoms with E-state index in [0.29, 0.717) is 16.3 Å². The highest BCUT2D eigenvalue weighted by Gasteiger charge is 2.31. The van der Waals surface area contributed by atoms with Gasteiger partial charge >= 0.3 is 0 Å². The van der Waals surface area contributed by atoms with E-state index in [4.69, 9.17) is 5.41 Å². The highest BCUT2D eigenvalue weighted by molar-refractivity contribution is 7.11. The zero-order chi connectivity index (χ0) is 19.1. The normalized spacial score (nSPS) is 14.3. The zero-order valence-corrected chi connectivity index (χ0v) is 15.8. The minimum absolute atomic E-state index is 0.115. The van der Waals surface area contributed by atoms with Crippen LogP contribution in [0.2, 0.25) is 0 Å². The largest absolute Gasteiger partial charge is 0.510 e. The van der Waals surface area contributed by atoms with E-state index >= 15 is 0 Å². The first kappa shape index (κ1) is 17.3. The van der Waals surface area contributed by atoms with E-state index in [1.54, 1.807) is 29.2 Å². The summed E-state index contributed by atoms with van der Waals surface area (Å²) in [5, 5.41) is 31.2. The summed E-state index contributed by atoms with van der Waals surface area (Å²) < 4.78 is 0. The maximum Gasteiger partial charge on any atom is 0.139 e. The predicted molar refractivity (Wildman–Crippen MR) is 110 cm³/mol. The van der Waals surface area contributed by atoms with Gasteiger partial charge in [0.25, 0.3) is 0 Å². The third kappa shape index (κ3) is 3.08. The third-order valence-corrected chi connectivity index (χ3v) is 5.63. The molecule has 0 radical (unpaired) electrons. The lowest BCUT2D eigenvalue weighted by Crippen LogP contribution is -2.25. The van der Waals surface area contributed by atoms with Gasteiger partial charge in [0.1, 0.15) is 22.4 Å². The van der Waals surface area contributed by atoms with E-state index in [1.807, 2.05) is 11.4 Å². The molecule has 0 spiro atoms. The Morgan fingerprint density at radius 2 is 1.89 bits per heavy atom. The Balaban J connectivity index is 1.66. The number of phenolic OH excluding ortho intramolecular Hbond substituents is 1. The van der Waals surface area contributed by atoms with Crippen LogP contribution in [0, 0.1) is 19.3 Å². The third-order valence-electron chi connectivity index (χ3n) is 4.77. The van der Waals surface area contributed by atoms with E-state index in [1.165, 1.54) is 22.5 Å². The van der Waals surface area contributed by atoms with Crippen molar-refractivity contribution in [2.45, 2.75) is 13.8 Å². The molecule has 0 atom stereocenters. The van der Waals surface area contributed by atoms with Crippen LogP contribution in [0.1, 0.15) is 16.1 Å². The minimum atomic E-state index is 0.115. The number of aryl methyl sites for hydroxylation is 2. The SMILES string of the molecule is Cc1ccc(-c2csc(C3=C(O)CN(c4cccc(O)c4)C3=N)n2)cc1C. The second-order valence-corrected chi connectivity index (χ2v) is 7.47. The first-order valence-corrected chi connectivity index (χ1v) is 9.43. The fraction of sp³-hybridized carbons (Fsp3) is 0.143. The number of benzene rings is 2. The molecule has 0 saturated carbocycles. The van der Waals surface area contributed by atoms with Gasteiger partial charge in [-0.05, 0) is 43.2 Å². The molecule has 0 saturated heterocycles. The Morgan fingerprint density at radius 3 is 2.63 bits per heavy atom. The summed E-state index contributed by atoms with van der Waals surface area (Å²) in [6.45, 7) is 4.33. The second kappa shape index (κ2) is 6.55. The van der Waals surface area contributed by atoms with Gasteiger partial charge in [-0.15, -0.1) is 11.3 Å². The number of anilines is 1. The molecule has 0 amide bonds. The van der Waals surface area contributed by atoms with Crippen LogP contribution in [0.5, 0.6) is 5.75 Å². The fourth-order valence-electron chi connectivity index (χ4n) is 3.11. The monoisotopic (exact) mass is 377 g/mol. The molecule has 1 aromatic heterocycles. The van der Waals surface area contributed by atoms with E-state index in [9.17, 15) is 10.2 Å². The average Bonchev–Trinajstić information content (AvgIpc) is 3.22. The number of nitrogens with one attached hydrogen (secondary N) is 1. The number of hydrogen-bond acceptors (Lipinski definition) is 5. The van der Waals surface area contributed by atoms with Crippen LogP contribution in [0.25, 0.3) is 16.8 Å². The van der Waals surface area contributed by atoms with Crippen LogP contribution in [-0.2, 0) is 0 Å². The van der Waals surface area contributed by atoms with Crippen LogP contribution in [-0.4, -0.2) is 27.6 Å². The highest BCUT2D eigenvalue weighted by atomic mass is 32.1. The number of aliphatic hydroxyl groups excluding tert-OH is 1. The van der Waals surface area contributed by atoms with Crippen LogP contribution in [0.3, 0.4) is 0 Å². The highest BCUT2D eigenvalue weighted by Crippen LogP contribution is 2.35. The Kier molecular flexibility index (Phi) is 4.20. The summed E-state index contributed by atoms with van der Waals surface area (Å²) in [6, 6.07) is 12.9. The van der Waals surface area contributed by atoms with Gasteiger partial charge in [0, 0.05) is 22.7 Å². The molecule has 0 bridgehead atoms. The Hall–Kier alpha value is -3.12. The molecule has 0 aliphatic carbocycles. The Bertz CT molecular complexity index is 1080. The van der Waals surface area contributed by atoms with Crippen LogP contribution >= 0.6 is 11.3 Å². The predicted octanol–water partition coefficient (Wildman–Crippen LogP) is 4.90. The van der Waals surface area contributed by atoms with Crippen molar-refractivity contribution in [2.75, 3.05) is 11.4 Å². The maximum absolute atomic E-state index is 10.5. The number of aliphatic hydroxyl groups is 1. The summed E-state index contributed by atoms with van der Waals surface area (Å²) in [5.41, 5.74) is 5.39. The van der Waals surface area contributed by atoms with Gasteiger partial charge in [-0.2, -0.15) is 0 Å². The van der Waals surface area contributed by atoms with Crippen molar-refractivity contribution in [1.29, 1.82) is 5.41 Å². The van der Waals surface area contributed by atoms with E-state index in [0.717, 1.165) is 11.3 Å². The molecule has 1 aliphatic heterocycles.